The van der Waals surface area contributed by atoms with E-state index in [9.17, 15) is 0 Å². The fraction of sp³-hybridized carbons (Fsp3) is 0.0256. The summed E-state index contributed by atoms with van der Waals surface area (Å²) in [6.45, 7) is 0. The van der Waals surface area contributed by atoms with Crippen molar-refractivity contribution < 1.29 is 4.74 Å². The number of pyridine rings is 2. The van der Waals surface area contributed by atoms with Gasteiger partial charge in [-0.1, -0.05) is 103 Å². The van der Waals surface area contributed by atoms with E-state index in [1.165, 1.54) is 27.6 Å². The Bertz CT molecular complexity index is 2040. The summed E-state index contributed by atoms with van der Waals surface area (Å²) in [6, 6.07) is 50.5. The normalized spacial score (nSPS) is 13.0. The number of fused-ring (bicyclic) bond motifs is 4. The van der Waals surface area contributed by atoms with E-state index in [1.54, 1.807) is 0 Å². The van der Waals surface area contributed by atoms with Gasteiger partial charge in [0.05, 0.1) is 16.8 Å². The molecule has 0 fully saturated rings. The molecule has 0 radical (unpaired) electrons. The van der Waals surface area contributed by atoms with Gasteiger partial charge < -0.3 is 4.74 Å². The van der Waals surface area contributed by atoms with Crippen molar-refractivity contribution in [3.05, 3.63) is 180 Å². The van der Waals surface area contributed by atoms with Gasteiger partial charge in [0.1, 0.15) is 11.5 Å². The Labute approximate surface area is 244 Å². The topological polar surface area (TPSA) is 35.0 Å². The molecule has 0 amide bonds. The van der Waals surface area contributed by atoms with Crippen LogP contribution in [0.15, 0.2) is 158 Å². The zero-order valence-corrected chi connectivity index (χ0v) is 22.8. The maximum absolute atomic E-state index is 6.54. The van der Waals surface area contributed by atoms with Crippen LogP contribution in [0.3, 0.4) is 0 Å². The standard InChI is InChI=1S/C39H26N2O/c1-2-12-29-26-41-37(24-27(29)11-1)28-13-9-15-31(23-28)42-32-16-10-14-30(25-32)39(38-21-7-8-22-40-38)35-19-5-3-17-33(35)34-18-4-6-20-36(34)39/h1-26H. The van der Waals surface area contributed by atoms with E-state index in [4.69, 9.17) is 14.7 Å². The predicted octanol–water partition coefficient (Wildman–Crippen LogP) is 9.45. The van der Waals surface area contributed by atoms with Gasteiger partial charge in [-0.3, -0.25) is 9.97 Å². The van der Waals surface area contributed by atoms with Crippen LogP contribution in [0, 0.1) is 0 Å². The van der Waals surface area contributed by atoms with Gasteiger partial charge in [-0.05, 0) is 75.7 Å². The average Bonchev–Trinajstić information content (AvgIpc) is 3.36. The van der Waals surface area contributed by atoms with E-state index in [2.05, 4.69) is 115 Å². The van der Waals surface area contributed by atoms with Crippen LogP contribution in [0.4, 0.5) is 0 Å². The number of hydrogen-bond donors (Lipinski definition) is 0. The maximum atomic E-state index is 6.54. The second-order valence-corrected chi connectivity index (χ2v) is 10.6. The van der Waals surface area contributed by atoms with E-state index in [0.717, 1.165) is 39.4 Å². The Hall–Kier alpha value is -5.54. The molecule has 0 saturated carbocycles. The van der Waals surface area contributed by atoms with E-state index in [1.807, 2.05) is 42.7 Å². The lowest BCUT2D eigenvalue weighted by Crippen LogP contribution is -2.29. The van der Waals surface area contributed by atoms with E-state index < -0.39 is 5.41 Å². The summed E-state index contributed by atoms with van der Waals surface area (Å²) in [5.74, 6) is 1.53. The van der Waals surface area contributed by atoms with Gasteiger partial charge in [-0.2, -0.15) is 0 Å². The summed E-state index contributed by atoms with van der Waals surface area (Å²) >= 11 is 0. The summed E-state index contributed by atoms with van der Waals surface area (Å²) in [5.41, 5.74) is 8.40. The van der Waals surface area contributed by atoms with Crippen molar-refractivity contribution >= 4 is 10.8 Å². The number of benzene rings is 5. The largest absolute Gasteiger partial charge is 0.457 e. The van der Waals surface area contributed by atoms with Crippen LogP contribution in [0.2, 0.25) is 0 Å². The van der Waals surface area contributed by atoms with Gasteiger partial charge in [-0.25, -0.2) is 0 Å². The van der Waals surface area contributed by atoms with Crippen LogP contribution in [0.1, 0.15) is 22.4 Å². The molecule has 0 unspecified atom stereocenters. The molecule has 0 atom stereocenters. The Balaban J connectivity index is 1.23. The van der Waals surface area contributed by atoms with Crippen molar-refractivity contribution in [2.75, 3.05) is 0 Å². The third-order valence-corrected chi connectivity index (χ3v) is 8.26. The third kappa shape index (κ3) is 3.82. The molecule has 0 bridgehead atoms. The van der Waals surface area contributed by atoms with Gasteiger partial charge in [-0.15, -0.1) is 0 Å². The van der Waals surface area contributed by atoms with Gasteiger partial charge >= 0.3 is 0 Å². The molecule has 3 nitrogen and oxygen atoms in total. The number of aromatic nitrogens is 2. The molecular formula is C39H26N2O. The van der Waals surface area contributed by atoms with E-state index >= 15 is 0 Å². The van der Waals surface area contributed by atoms with Crippen molar-refractivity contribution in [2.45, 2.75) is 5.41 Å². The van der Waals surface area contributed by atoms with Crippen molar-refractivity contribution in [1.29, 1.82) is 0 Å². The van der Waals surface area contributed by atoms with Crippen LogP contribution < -0.4 is 4.74 Å². The smallest absolute Gasteiger partial charge is 0.128 e. The predicted molar refractivity (Wildman–Crippen MR) is 169 cm³/mol. The summed E-state index contributed by atoms with van der Waals surface area (Å²) in [7, 11) is 0. The molecule has 8 rings (SSSR count). The Kier molecular flexibility index (Phi) is 5.68. The molecule has 198 valence electrons. The van der Waals surface area contributed by atoms with Crippen LogP contribution >= 0.6 is 0 Å². The first-order valence-electron chi connectivity index (χ1n) is 14.2. The summed E-state index contributed by atoms with van der Waals surface area (Å²) < 4.78 is 6.54. The van der Waals surface area contributed by atoms with E-state index in [-0.39, 0.29) is 0 Å². The minimum absolute atomic E-state index is 0.565. The van der Waals surface area contributed by atoms with E-state index in [0.29, 0.717) is 0 Å². The monoisotopic (exact) mass is 538 g/mol. The van der Waals surface area contributed by atoms with Gasteiger partial charge in [0, 0.05) is 23.3 Å². The van der Waals surface area contributed by atoms with Crippen LogP contribution in [-0.2, 0) is 5.41 Å². The van der Waals surface area contributed by atoms with Gasteiger partial charge in [0.15, 0.2) is 0 Å². The quantitative estimate of drug-likeness (QED) is 0.219. The first-order chi connectivity index (χ1) is 20.8. The number of rotatable bonds is 5. The summed E-state index contributed by atoms with van der Waals surface area (Å²) in [4.78, 5) is 9.65. The summed E-state index contributed by atoms with van der Waals surface area (Å²) in [6.07, 6.45) is 3.81. The first kappa shape index (κ1) is 24.3. The highest BCUT2D eigenvalue weighted by Crippen LogP contribution is 2.55. The molecule has 5 aromatic carbocycles. The Morgan fingerprint density at radius 3 is 1.93 bits per heavy atom. The fourth-order valence-corrected chi connectivity index (χ4v) is 6.44. The zero-order valence-electron chi connectivity index (χ0n) is 22.8. The molecule has 7 aromatic rings. The second-order valence-electron chi connectivity index (χ2n) is 10.6. The maximum Gasteiger partial charge on any atom is 0.128 e. The highest BCUT2D eigenvalue weighted by Gasteiger charge is 2.47. The minimum Gasteiger partial charge on any atom is -0.457 e. The molecular weight excluding hydrogens is 512 g/mol. The van der Waals surface area contributed by atoms with Crippen LogP contribution in [0.5, 0.6) is 11.5 Å². The molecule has 3 heteroatoms. The van der Waals surface area contributed by atoms with Crippen molar-refractivity contribution in [3.8, 4) is 33.9 Å². The zero-order chi connectivity index (χ0) is 27.9. The molecule has 2 heterocycles. The molecule has 0 aliphatic heterocycles. The highest BCUT2D eigenvalue weighted by atomic mass is 16.5. The average molecular weight is 539 g/mol. The fourth-order valence-electron chi connectivity index (χ4n) is 6.44. The lowest BCUT2D eigenvalue weighted by Gasteiger charge is -2.32. The molecule has 0 saturated heterocycles. The number of ether oxygens (including phenoxy) is 1. The lowest BCUT2D eigenvalue weighted by molar-refractivity contribution is 0.481. The molecule has 1 aliphatic carbocycles. The molecule has 0 N–H and O–H groups in total. The van der Waals surface area contributed by atoms with Crippen LogP contribution in [-0.4, -0.2) is 9.97 Å². The minimum atomic E-state index is -0.565. The Morgan fingerprint density at radius 2 is 1.17 bits per heavy atom. The van der Waals surface area contributed by atoms with Crippen molar-refractivity contribution in [3.63, 3.8) is 0 Å². The highest BCUT2D eigenvalue weighted by molar-refractivity contribution is 5.86. The molecule has 1 aliphatic rings. The van der Waals surface area contributed by atoms with Gasteiger partial charge in [0.2, 0.25) is 0 Å². The number of nitrogens with zero attached hydrogens (tertiary/aromatic N) is 2. The van der Waals surface area contributed by atoms with Crippen molar-refractivity contribution in [1.82, 2.24) is 9.97 Å². The Morgan fingerprint density at radius 1 is 0.500 bits per heavy atom. The van der Waals surface area contributed by atoms with Gasteiger partial charge in [0.25, 0.3) is 0 Å². The molecule has 2 aromatic heterocycles. The second kappa shape index (κ2) is 9.83. The molecule has 0 spiro atoms. The third-order valence-electron chi connectivity index (χ3n) is 8.26. The molecule has 42 heavy (non-hydrogen) atoms. The van der Waals surface area contributed by atoms with Crippen molar-refractivity contribution in [2.24, 2.45) is 0 Å². The lowest BCUT2D eigenvalue weighted by atomic mass is 9.70. The number of hydrogen-bond acceptors (Lipinski definition) is 3. The first-order valence-corrected chi connectivity index (χ1v) is 14.2. The SMILES string of the molecule is c1ccc(C2(c3cccc(Oc4cccc(-c5cc6ccccc6cn5)c4)c3)c3ccccc3-c3ccccc32)nc1. The summed E-state index contributed by atoms with van der Waals surface area (Å²) in [5, 5.41) is 2.29. The van der Waals surface area contributed by atoms with Crippen LogP contribution in [0.25, 0.3) is 33.2 Å².